The van der Waals surface area contributed by atoms with Gasteiger partial charge in [-0.1, -0.05) is 62.2 Å². The number of hydrogen-bond donors (Lipinski definition) is 2. The molecule has 0 radical (unpaired) electrons. The van der Waals surface area contributed by atoms with Crippen molar-refractivity contribution in [3.8, 4) is 16.9 Å². The van der Waals surface area contributed by atoms with Crippen molar-refractivity contribution in [3.05, 3.63) is 54.1 Å². The largest absolute Gasteiger partial charge is 0.491 e. The molecule has 0 saturated heterocycles. The summed E-state index contributed by atoms with van der Waals surface area (Å²) >= 11 is 0. The monoisotopic (exact) mass is 462 g/mol. The fourth-order valence-electron chi connectivity index (χ4n) is 2.73. The van der Waals surface area contributed by atoms with Gasteiger partial charge in [0.05, 0.1) is 32.5 Å². The third-order valence-electron chi connectivity index (χ3n) is 4.84. The first-order valence-corrected chi connectivity index (χ1v) is 11.8. The van der Waals surface area contributed by atoms with E-state index in [1.54, 1.807) is 7.11 Å². The molecule has 0 bridgehead atoms. The van der Waals surface area contributed by atoms with Crippen LogP contribution in [0.25, 0.3) is 11.1 Å². The van der Waals surface area contributed by atoms with E-state index in [0.717, 1.165) is 37.2 Å². The molecule has 6 heteroatoms. The Balaban J connectivity index is 0.000000366. The van der Waals surface area contributed by atoms with Crippen molar-refractivity contribution in [1.29, 1.82) is 0 Å². The minimum Gasteiger partial charge on any atom is -0.491 e. The highest BCUT2D eigenvalue weighted by molar-refractivity contribution is 5.64. The van der Waals surface area contributed by atoms with Gasteiger partial charge in [0.15, 0.2) is 0 Å². The van der Waals surface area contributed by atoms with Crippen LogP contribution in [0.3, 0.4) is 0 Å². The first kappa shape index (κ1) is 29.1. The third kappa shape index (κ3) is 14.0. The minimum absolute atomic E-state index is 0.234. The van der Waals surface area contributed by atoms with Crippen LogP contribution >= 0.6 is 0 Å². The Kier molecular flexibility index (Phi) is 16.3. The highest BCUT2D eigenvalue weighted by atomic mass is 16.5. The molecule has 0 aliphatic rings. The summed E-state index contributed by atoms with van der Waals surface area (Å²) in [5.74, 6) is 0.746. The van der Waals surface area contributed by atoms with Crippen molar-refractivity contribution < 1.29 is 29.2 Å². The second kappa shape index (κ2) is 18.5. The van der Waals surface area contributed by atoms with E-state index in [1.165, 1.54) is 11.1 Å². The number of rotatable bonds is 15. The van der Waals surface area contributed by atoms with Crippen LogP contribution in [0.2, 0.25) is 0 Å². The van der Waals surface area contributed by atoms with E-state index < -0.39 is 6.10 Å². The molecular weight excluding hydrogens is 420 g/mol. The van der Waals surface area contributed by atoms with E-state index in [1.807, 2.05) is 31.2 Å². The van der Waals surface area contributed by atoms with Crippen LogP contribution in [0.1, 0.15) is 38.7 Å². The van der Waals surface area contributed by atoms with Gasteiger partial charge in [0.1, 0.15) is 18.5 Å². The zero-order chi connectivity index (χ0) is 24.3. The molecule has 0 spiro atoms. The Bertz CT molecular complexity index is 702. The van der Waals surface area contributed by atoms with Gasteiger partial charge in [0, 0.05) is 13.7 Å². The summed E-state index contributed by atoms with van der Waals surface area (Å²) in [4.78, 5) is 0. The summed E-state index contributed by atoms with van der Waals surface area (Å²) in [6.45, 7) is 9.12. The summed E-state index contributed by atoms with van der Waals surface area (Å²) in [5, 5.41) is 18.7. The first-order valence-electron chi connectivity index (χ1n) is 11.8. The number of unbranched alkanes of at least 4 members (excludes halogenated alkanes) is 1. The van der Waals surface area contributed by atoms with Gasteiger partial charge in [-0.05, 0) is 43.0 Å². The van der Waals surface area contributed by atoms with Crippen molar-refractivity contribution in [2.24, 2.45) is 0 Å². The van der Waals surface area contributed by atoms with Crippen molar-refractivity contribution in [2.45, 2.75) is 52.2 Å². The molecule has 0 aliphatic carbocycles. The average molecular weight is 463 g/mol. The highest BCUT2D eigenvalue weighted by Gasteiger charge is 2.05. The molecule has 0 heterocycles. The summed E-state index contributed by atoms with van der Waals surface area (Å²) in [6, 6.07) is 16.3. The number of aliphatic hydroxyl groups is 2. The fourth-order valence-corrected chi connectivity index (χ4v) is 2.73. The lowest BCUT2D eigenvalue weighted by molar-refractivity contribution is 0.00257. The van der Waals surface area contributed by atoms with E-state index in [9.17, 15) is 5.11 Å². The van der Waals surface area contributed by atoms with Gasteiger partial charge in [-0.3, -0.25) is 0 Å². The summed E-state index contributed by atoms with van der Waals surface area (Å²) in [7, 11) is 1.56. The summed E-state index contributed by atoms with van der Waals surface area (Å²) < 4.78 is 20.8. The van der Waals surface area contributed by atoms with E-state index in [-0.39, 0.29) is 19.3 Å². The molecule has 33 heavy (non-hydrogen) atoms. The maximum Gasteiger partial charge on any atom is 0.119 e. The van der Waals surface area contributed by atoms with E-state index in [2.05, 4.69) is 38.1 Å². The number of aliphatic hydroxyl groups excluding tert-OH is 2. The van der Waals surface area contributed by atoms with Crippen LogP contribution in [0.4, 0.5) is 0 Å². The third-order valence-corrected chi connectivity index (χ3v) is 4.84. The molecule has 2 unspecified atom stereocenters. The zero-order valence-corrected chi connectivity index (χ0v) is 20.7. The Morgan fingerprint density at radius 3 is 1.91 bits per heavy atom. The predicted molar refractivity (Wildman–Crippen MR) is 133 cm³/mol. The molecule has 186 valence electrons. The number of benzene rings is 2. The smallest absolute Gasteiger partial charge is 0.119 e. The lowest BCUT2D eigenvalue weighted by Crippen LogP contribution is -2.22. The maximum absolute atomic E-state index is 9.52. The average Bonchev–Trinajstić information content (AvgIpc) is 2.83. The number of hydrogen-bond acceptors (Lipinski definition) is 6. The molecule has 2 aromatic carbocycles. The molecule has 0 fully saturated rings. The summed E-state index contributed by atoms with van der Waals surface area (Å²) in [6.07, 6.45) is 2.09. The van der Waals surface area contributed by atoms with Gasteiger partial charge >= 0.3 is 0 Å². The molecule has 2 atom stereocenters. The molecule has 0 aromatic heterocycles. The normalized spacial score (nSPS) is 12.5. The van der Waals surface area contributed by atoms with Gasteiger partial charge in [0.25, 0.3) is 0 Å². The standard InChI is InChI=1S/C17H20O3.C10H22O3/c1-13-3-5-14(6-4-13)15-7-9-17(10-8-15)20-12-16(18)11-19-2;1-3-5-6-12-7-8-13-9-10(11)4-2/h3-10,16,18H,11-12H2,1-2H3;10-11H,3-9H2,1-2H3. The Hall–Kier alpha value is -1.96. The first-order chi connectivity index (χ1) is 16.0. The van der Waals surface area contributed by atoms with Crippen LogP contribution in [0, 0.1) is 6.92 Å². The van der Waals surface area contributed by atoms with Crippen LogP contribution in [-0.2, 0) is 14.2 Å². The predicted octanol–water partition coefficient (Wildman–Crippen LogP) is 4.64. The molecule has 2 rings (SSSR count). The molecule has 2 aromatic rings. The molecular formula is C27H42O6. The van der Waals surface area contributed by atoms with E-state index in [0.29, 0.717) is 19.8 Å². The van der Waals surface area contributed by atoms with Gasteiger partial charge in [-0.15, -0.1) is 0 Å². The lowest BCUT2D eigenvalue weighted by atomic mass is 10.0. The second-order valence-electron chi connectivity index (χ2n) is 7.91. The molecule has 0 saturated carbocycles. The Labute approximate surface area is 199 Å². The molecule has 0 amide bonds. The van der Waals surface area contributed by atoms with Crippen molar-refractivity contribution in [2.75, 3.05) is 46.8 Å². The molecule has 2 N–H and O–H groups in total. The topological polar surface area (TPSA) is 77.4 Å². The van der Waals surface area contributed by atoms with Crippen molar-refractivity contribution in [3.63, 3.8) is 0 Å². The van der Waals surface area contributed by atoms with Crippen LogP contribution in [-0.4, -0.2) is 69.2 Å². The van der Waals surface area contributed by atoms with E-state index in [4.69, 9.17) is 24.1 Å². The molecule has 0 aliphatic heterocycles. The van der Waals surface area contributed by atoms with Crippen LogP contribution in [0.15, 0.2) is 48.5 Å². The number of ether oxygens (including phenoxy) is 4. The minimum atomic E-state index is -0.600. The number of aryl methyl sites for hydroxylation is 1. The molecule has 6 nitrogen and oxygen atoms in total. The number of methoxy groups -OCH3 is 1. The Morgan fingerprint density at radius 1 is 0.727 bits per heavy atom. The maximum atomic E-state index is 9.52. The van der Waals surface area contributed by atoms with Gasteiger partial charge < -0.3 is 29.2 Å². The SMILES string of the molecule is CCCCOCCOCC(O)CC.COCC(O)COc1ccc(-c2ccc(C)cc2)cc1. The van der Waals surface area contributed by atoms with Gasteiger partial charge in [-0.2, -0.15) is 0 Å². The Morgan fingerprint density at radius 2 is 1.33 bits per heavy atom. The lowest BCUT2D eigenvalue weighted by Gasteiger charge is -2.11. The van der Waals surface area contributed by atoms with Gasteiger partial charge in [0.2, 0.25) is 0 Å². The van der Waals surface area contributed by atoms with Crippen LogP contribution in [0.5, 0.6) is 5.75 Å². The second-order valence-corrected chi connectivity index (χ2v) is 7.91. The zero-order valence-electron chi connectivity index (χ0n) is 20.7. The van der Waals surface area contributed by atoms with Crippen LogP contribution < -0.4 is 4.74 Å². The van der Waals surface area contributed by atoms with E-state index >= 15 is 0 Å². The quantitative estimate of drug-likeness (QED) is 0.376. The highest BCUT2D eigenvalue weighted by Crippen LogP contribution is 2.22. The van der Waals surface area contributed by atoms with Crippen molar-refractivity contribution >= 4 is 0 Å². The van der Waals surface area contributed by atoms with Crippen molar-refractivity contribution in [1.82, 2.24) is 0 Å². The summed E-state index contributed by atoms with van der Waals surface area (Å²) in [5.41, 5.74) is 3.58. The van der Waals surface area contributed by atoms with Gasteiger partial charge in [-0.25, -0.2) is 0 Å². The fraction of sp³-hybridized carbons (Fsp3) is 0.556.